The number of furan rings is 1. The summed E-state index contributed by atoms with van der Waals surface area (Å²) in [5.41, 5.74) is 2.35. The van der Waals surface area contributed by atoms with Crippen molar-refractivity contribution < 1.29 is 19.1 Å². The maximum absolute atomic E-state index is 12.2. The minimum Gasteiger partial charge on any atom is -0.458 e. The first-order chi connectivity index (χ1) is 9.79. The van der Waals surface area contributed by atoms with Crippen LogP contribution in [0.3, 0.4) is 0 Å². The van der Waals surface area contributed by atoms with E-state index in [0.29, 0.717) is 31.0 Å². The fraction of sp³-hybridized carbons (Fsp3) is 0.286. The molecule has 6 heteroatoms. The number of ether oxygens (including phenoxy) is 1. The number of rotatable bonds is 3. The van der Waals surface area contributed by atoms with Crippen LogP contribution in [0.1, 0.15) is 27.2 Å². The van der Waals surface area contributed by atoms with E-state index >= 15 is 0 Å². The van der Waals surface area contributed by atoms with Crippen LogP contribution in [0.2, 0.25) is 0 Å². The number of fused-ring (bicyclic) bond motifs is 1. The van der Waals surface area contributed by atoms with Gasteiger partial charge in [0.2, 0.25) is 0 Å². The van der Waals surface area contributed by atoms with Gasteiger partial charge in [0.05, 0.1) is 26.1 Å². The Labute approximate surface area is 115 Å². The van der Waals surface area contributed by atoms with E-state index in [1.165, 1.54) is 0 Å². The number of hydrogen-bond donors (Lipinski definition) is 2. The van der Waals surface area contributed by atoms with Crippen molar-refractivity contribution in [1.82, 2.24) is 4.98 Å². The standard InChI is InChI=1S/C14H14N2O4/c17-6-9-2-1-4-15-13(9)16-14(18)12-11-3-5-19-7-10(11)8-20-12/h1-2,4,8,17H,3,5-7H2,(H,15,16,18). The van der Waals surface area contributed by atoms with E-state index in [2.05, 4.69) is 10.3 Å². The van der Waals surface area contributed by atoms with Gasteiger partial charge in [0.1, 0.15) is 5.82 Å². The van der Waals surface area contributed by atoms with Crippen molar-refractivity contribution >= 4 is 11.7 Å². The monoisotopic (exact) mass is 274 g/mol. The van der Waals surface area contributed by atoms with Crippen LogP contribution in [0.25, 0.3) is 0 Å². The number of pyridine rings is 1. The molecule has 104 valence electrons. The van der Waals surface area contributed by atoms with Crippen molar-refractivity contribution in [3.8, 4) is 0 Å². The van der Waals surface area contributed by atoms with Crippen LogP contribution in [-0.2, 0) is 24.4 Å². The van der Waals surface area contributed by atoms with Gasteiger partial charge in [-0.15, -0.1) is 0 Å². The second-order valence-electron chi connectivity index (χ2n) is 4.49. The molecule has 0 saturated carbocycles. The Kier molecular flexibility index (Phi) is 3.49. The third kappa shape index (κ3) is 2.31. The lowest BCUT2D eigenvalue weighted by Crippen LogP contribution is -2.17. The van der Waals surface area contributed by atoms with Crippen LogP contribution in [0.5, 0.6) is 0 Å². The first-order valence-electron chi connectivity index (χ1n) is 6.32. The fourth-order valence-electron chi connectivity index (χ4n) is 2.20. The van der Waals surface area contributed by atoms with E-state index in [-0.39, 0.29) is 18.3 Å². The molecule has 1 aliphatic heterocycles. The molecule has 0 fully saturated rings. The number of carbonyl (C=O) groups is 1. The van der Waals surface area contributed by atoms with Gasteiger partial charge in [0, 0.05) is 29.3 Å². The van der Waals surface area contributed by atoms with Crippen LogP contribution in [0, 0.1) is 0 Å². The van der Waals surface area contributed by atoms with Crippen LogP contribution >= 0.6 is 0 Å². The first kappa shape index (κ1) is 12.8. The highest BCUT2D eigenvalue weighted by Gasteiger charge is 2.23. The lowest BCUT2D eigenvalue weighted by molar-refractivity contribution is 0.0988. The molecule has 0 aliphatic carbocycles. The smallest absolute Gasteiger partial charge is 0.292 e. The molecule has 2 aromatic heterocycles. The average Bonchev–Trinajstić information content (AvgIpc) is 2.92. The Morgan fingerprint density at radius 2 is 2.40 bits per heavy atom. The fourth-order valence-corrected chi connectivity index (χ4v) is 2.20. The topological polar surface area (TPSA) is 84.6 Å². The Morgan fingerprint density at radius 1 is 1.50 bits per heavy atom. The molecule has 0 atom stereocenters. The summed E-state index contributed by atoms with van der Waals surface area (Å²) < 4.78 is 10.6. The van der Waals surface area contributed by atoms with E-state index in [9.17, 15) is 9.90 Å². The van der Waals surface area contributed by atoms with E-state index in [1.54, 1.807) is 24.6 Å². The maximum Gasteiger partial charge on any atom is 0.292 e. The number of nitrogens with one attached hydrogen (secondary N) is 1. The lowest BCUT2D eigenvalue weighted by Gasteiger charge is -2.12. The molecule has 6 nitrogen and oxygen atoms in total. The molecule has 0 unspecified atom stereocenters. The molecule has 3 heterocycles. The van der Waals surface area contributed by atoms with Crippen molar-refractivity contribution in [3.05, 3.63) is 47.0 Å². The Morgan fingerprint density at radius 3 is 3.25 bits per heavy atom. The van der Waals surface area contributed by atoms with Crippen LogP contribution in [0.4, 0.5) is 5.82 Å². The maximum atomic E-state index is 12.2. The van der Waals surface area contributed by atoms with Gasteiger partial charge in [-0.3, -0.25) is 4.79 Å². The minimum atomic E-state index is -0.360. The molecular formula is C14H14N2O4. The summed E-state index contributed by atoms with van der Waals surface area (Å²) >= 11 is 0. The highest BCUT2D eigenvalue weighted by molar-refractivity contribution is 6.03. The molecule has 20 heavy (non-hydrogen) atoms. The molecule has 0 spiro atoms. The predicted octanol–water partition coefficient (Wildman–Crippen LogP) is 1.49. The second kappa shape index (κ2) is 5.44. The largest absolute Gasteiger partial charge is 0.458 e. The summed E-state index contributed by atoms with van der Waals surface area (Å²) in [6.07, 6.45) is 3.76. The van der Waals surface area contributed by atoms with Crippen LogP contribution in [0.15, 0.2) is 29.0 Å². The molecule has 0 aromatic carbocycles. The number of aromatic nitrogens is 1. The Bertz CT molecular complexity index is 636. The van der Waals surface area contributed by atoms with Gasteiger partial charge in [-0.2, -0.15) is 0 Å². The van der Waals surface area contributed by atoms with Crippen LogP contribution < -0.4 is 5.32 Å². The normalized spacial score (nSPS) is 13.8. The van der Waals surface area contributed by atoms with Gasteiger partial charge >= 0.3 is 0 Å². The van der Waals surface area contributed by atoms with Crippen molar-refractivity contribution in [2.45, 2.75) is 19.6 Å². The van der Waals surface area contributed by atoms with E-state index < -0.39 is 0 Å². The van der Waals surface area contributed by atoms with Gasteiger partial charge in [0.25, 0.3) is 5.91 Å². The molecule has 3 rings (SSSR count). The van der Waals surface area contributed by atoms with Crippen molar-refractivity contribution in [2.75, 3.05) is 11.9 Å². The number of hydrogen-bond acceptors (Lipinski definition) is 5. The Hall–Kier alpha value is -2.18. The highest BCUT2D eigenvalue weighted by Crippen LogP contribution is 2.24. The summed E-state index contributed by atoms with van der Waals surface area (Å²) in [6, 6.07) is 3.40. The van der Waals surface area contributed by atoms with Gasteiger partial charge in [-0.05, 0) is 6.07 Å². The SMILES string of the molecule is O=C(Nc1ncccc1CO)c1occ2c1CCOC2. The molecule has 0 saturated heterocycles. The number of carbonyl (C=O) groups excluding carboxylic acids is 1. The predicted molar refractivity (Wildman–Crippen MR) is 70.2 cm³/mol. The van der Waals surface area contributed by atoms with E-state index in [0.717, 1.165) is 11.1 Å². The molecule has 1 aliphatic rings. The van der Waals surface area contributed by atoms with Gasteiger partial charge < -0.3 is 19.6 Å². The number of aliphatic hydroxyl groups excluding tert-OH is 1. The highest BCUT2D eigenvalue weighted by atomic mass is 16.5. The quantitative estimate of drug-likeness (QED) is 0.885. The number of nitrogens with zero attached hydrogens (tertiary/aromatic N) is 1. The van der Waals surface area contributed by atoms with Gasteiger partial charge in [-0.1, -0.05) is 6.07 Å². The lowest BCUT2D eigenvalue weighted by atomic mass is 10.1. The zero-order valence-corrected chi connectivity index (χ0v) is 10.8. The zero-order valence-electron chi connectivity index (χ0n) is 10.8. The number of anilines is 1. The molecule has 0 bridgehead atoms. The Balaban J connectivity index is 1.85. The van der Waals surface area contributed by atoms with Crippen molar-refractivity contribution in [2.24, 2.45) is 0 Å². The summed E-state index contributed by atoms with van der Waals surface area (Å²) in [5, 5.41) is 11.9. The third-order valence-corrected chi connectivity index (χ3v) is 3.23. The third-order valence-electron chi connectivity index (χ3n) is 3.23. The first-order valence-corrected chi connectivity index (χ1v) is 6.32. The number of aliphatic hydroxyl groups is 1. The van der Waals surface area contributed by atoms with E-state index in [4.69, 9.17) is 9.15 Å². The summed E-state index contributed by atoms with van der Waals surface area (Å²) in [6.45, 7) is 0.865. The average molecular weight is 274 g/mol. The molecule has 2 N–H and O–H groups in total. The van der Waals surface area contributed by atoms with Crippen LogP contribution in [-0.4, -0.2) is 22.6 Å². The minimum absolute atomic E-state index is 0.187. The van der Waals surface area contributed by atoms with Crippen molar-refractivity contribution in [3.63, 3.8) is 0 Å². The molecule has 1 amide bonds. The van der Waals surface area contributed by atoms with Gasteiger partial charge in [-0.25, -0.2) is 4.98 Å². The summed E-state index contributed by atoms with van der Waals surface area (Å²) in [4.78, 5) is 16.3. The second-order valence-corrected chi connectivity index (χ2v) is 4.49. The van der Waals surface area contributed by atoms with Crippen molar-refractivity contribution in [1.29, 1.82) is 0 Å². The van der Waals surface area contributed by atoms with E-state index in [1.807, 2.05) is 0 Å². The number of amides is 1. The molecule has 0 radical (unpaired) electrons. The zero-order chi connectivity index (χ0) is 13.9. The summed E-state index contributed by atoms with van der Waals surface area (Å²) in [5.74, 6) is 0.275. The summed E-state index contributed by atoms with van der Waals surface area (Å²) in [7, 11) is 0. The molecular weight excluding hydrogens is 260 g/mol. The molecule has 2 aromatic rings. The van der Waals surface area contributed by atoms with Gasteiger partial charge in [0.15, 0.2) is 5.76 Å².